The van der Waals surface area contributed by atoms with Crippen LogP contribution in [0.5, 0.6) is 0 Å². The number of rotatable bonds is 6. The van der Waals surface area contributed by atoms with Crippen LogP contribution in [0.2, 0.25) is 0 Å². The number of benzene rings is 2. The third-order valence-electron chi connectivity index (χ3n) is 5.18. The van der Waals surface area contributed by atoms with Crippen LogP contribution in [-0.4, -0.2) is 53.1 Å². The Hall–Kier alpha value is -3.29. The molecule has 1 amide bonds. The SMILES string of the molecule is Nc1nccc(-c2ccc(NC(=O)C(Cc3ccccc3)N3CCOCC3)cc2)n1. The quantitative estimate of drug-likeness (QED) is 0.657. The van der Waals surface area contributed by atoms with Crippen molar-refractivity contribution in [2.24, 2.45) is 0 Å². The van der Waals surface area contributed by atoms with Gasteiger partial charge in [-0.2, -0.15) is 0 Å². The van der Waals surface area contributed by atoms with Gasteiger partial charge >= 0.3 is 0 Å². The Bertz CT molecular complexity index is 972. The van der Waals surface area contributed by atoms with E-state index in [9.17, 15) is 4.79 Å². The van der Waals surface area contributed by atoms with Crippen molar-refractivity contribution < 1.29 is 9.53 Å². The molecule has 0 aliphatic carbocycles. The first-order chi connectivity index (χ1) is 14.7. The molecular formula is C23H25N5O2. The number of amides is 1. The third-order valence-corrected chi connectivity index (χ3v) is 5.18. The molecule has 7 heteroatoms. The zero-order valence-electron chi connectivity index (χ0n) is 16.7. The average molecular weight is 403 g/mol. The van der Waals surface area contributed by atoms with Gasteiger partial charge in [0, 0.05) is 30.5 Å². The van der Waals surface area contributed by atoms with Crippen LogP contribution in [0, 0.1) is 0 Å². The van der Waals surface area contributed by atoms with Crippen LogP contribution >= 0.6 is 0 Å². The predicted octanol–water partition coefficient (Wildman–Crippen LogP) is 2.61. The number of nitrogens with one attached hydrogen (secondary N) is 1. The molecule has 1 unspecified atom stereocenters. The van der Waals surface area contributed by atoms with Crippen molar-refractivity contribution in [3.8, 4) is 11.3 Å². The van der Waals surface area contributed by atoms with Crippen molar-refractivity contribution in [1.82, 2.24) is 14.9 Å². The number of aromatic nitrogens is 2. The van der Waals surface area contributed by atoms with Gasteiger partial charge in [0.15, 0.2) is 0 Å². The van der Waals surface area contributed by atoms with Crippen LogP contribution in [0.4, 0.5) is 11.6 Å². The van der Waals surface area contributed by atoms with E-state index in [0.717, 1.165) is 35.6 Å². The van der Waals surface area contributed by atoms with Gasteiger partial charge in [0.25, 0.3) is 0 Å². The number of hydrogen-bond acceptors (Lipinski definition) is 6. The Morgan fingerprint density at radius 1 is 1.07 bits per heavy atom. The van der Waals surface area contributed by atoms with Gasteiger partial charge in [0.2, 0.25) is 11.9 Å². The highest BCUT2D eigenvalue weighted by atomic mass is 16.5. The van der Waals surface area contributed by atoms with E-state index in [0.29, 0.717) is 19.6 Å². The summed E-state index contributed by atoms with van der Waals surface area (Å²) in [6.07, 6.45) is 2.29. The second-order valence-electron chi connectivity index (χ2n) is 7.22. The van der Waals surface area contributed by atoms with Crippen LogP contribution in [0.15, 0.2) is 66.9 Å². The van der Waals surface area contributed by atoms with Gasteiger partial charge in [-0.1, -0.05) is 42.5 Å². The summed E-state index contributed by atoms with van der Waals surface area (Å²) < 4.78 is 5.47. The standard InChI is InChI=1S/C23H25N5O2/c24-23-25-11-10-20(27-23)18-6-8-19(9-7-18)26-22(29)21(28-12-14-30-15-13-28)16-17-4-2-1-3-5-17/h1-11,21H,12-16H2,(H,26,29)(H2,24,25,27). The maximum absolute atomic E-state index is 13.2. The molecule has 3 N–H and O–H groups in total. The molecule has 0 saturated carbocycles. The largest absolute Gasteiger partial charge is 0.379 e. The first-order valence-corrected chi connectivity index (χ1v) is 10.0. The minimum absolute atomic E-state index is 0.0141. The van der Waals surface area contributed by atoms with Gasteiger partial charge in [-0.15, -0.1) is 0 Å². The molecule has 30 heavy (non-hydrogen) atoms. The molecule has 1 saturated heterocycles. The minimum atomic E-state index is -0.252. The fraction of sp³-hybridized carbons (Fsp3) is 0.261. The normalized spacial score (nSPS) is 15.5. The summed E-state index contributed by atoms with van der Waals surface area (Å²) in [6, 6.07) is 19.2. The first-order valence-electron chi connectivity index (χ1n) is 10.0. The zero-order chi connectivity index (χ0) is 20.8. The Balaban J connectivity index is 1.48. The molecule has 1 aliphatic rings. The minimum Gasteiger partial charge on any atom is -0.379 e. The molecule has 3 aromatic rings. The summed E-state index contributed by atoms with van der Waals surface area (Å²) in [4.78, 5) is 23.5. The van der Waals surface area contributed by atoms with Gasteiger partial charge < -0.3 is 15.8 Å². The monoisotopic (exact) mass is 403 g/mol. The zero-order valence-corrected chi connectivity index (χ0v) is 16.7. The Morgan fingerprint density at radius 3 is 2.50 bits per heavy atom. The van der Waals surface area contributed by atoms with Crippen LogP contribution in [-0.2, 0) is 16.0 Å². The molecular weight excluding hydrogens is 378 g/mol. The maximum atomic E-state index is 13.2. The fourth-order valence-electron chi connectivity index (χ4n) is 3.60. The highest BCUT2D eigenvalue weighted by Crippen LogP contribution is 2.21. The molecule has 1 aromatic heterocycles. The van der Waals surface area contributed by atoms with E-state index >= 15 is 0 Å². The van der Waals surface area contributed by atoms with E-state index in [-0.39, 0.29) is 17.9 Å². The lowest BCUT2D eigenvalue weighted by Gasteiger charge is -2.33. The van der Waals surface area contributed by atoms with Gasteiger partial charge in [-0.05, 0) is 30.2 Å². The van der Waals surface area contributed by atoms with E-state index in [2.05, 4.69) is 32.3 Å². The molecule has 7 nitrogen and oxygen atoms in total. The lowest BCUT2D eigenvalue weighted by atomic mass is 10.0. The molecule has 4 rings (SSSR count). The fourth-order valence-corrected chi connectivity index (χ4v) is 3.60. The van der Waals surface area contributed by atoms with Crippen LogP contribution in [0.3, 0.4) is 0 Å². The van der Waals surface area contributed by atoms with Crippen LogP contribution in [0.25, 0.3) is 11.3 Å². The summed E-state index contributed by atoms with van der Waals surface area (Å²) in [5.41, 5.74) is 9.21. The Morgan fingerprint density at radius 2 is 1.80 bits per heavy atom. The van der Waals surface area contributed by atoms with Crippen LogP contribution < -0.4 is 11.1 Å². The molecule has 2 heterocycles. The molecule has 1 aliphatic heterocycles. The maximum Gasteiger partial charge on any atom is 0.242 e. The lowest BCUT2D eigenvalue weighted by molar-refractivity contribution is -0.123. The molecule has 0 spiro atoms. The Kier molecular flexibility index (Phi) is 6.32. The summed E-state index contributed by atoms with van der Waals surface area (Å²) >= 11 is 0. The summed E-state index contributed by atoms with van der Waals surface area (Å²) in [5.74, 6) is 0.221. The molecule has 154 valence electrons. The summed E-state index contributed by atoms with van der Waals surface area (Å²) in [6.45, 7) is 2.79. The highest BCUT2D eigenvalue weighted by molar-refractivity contribution is 5.95. The number of nitrogens with two attached hydrogens (primary N) is 1. The van der Waals surface area contributed by atoms with Crippen molar-refractivity contribution >= 4 is 17.5 Å². The van der Waals surface area contributed by atoms with E-state index in [4.69, 9.17) is 10.5 Å². The molecule has 0 bridgehead atoms. The van der Waals surface area contributed by atoms with E-state index < -0.39 is 0 Å². The summed E-state index contributed by atoms with van der Waals surface area (Å²) in [5, 5.41) is 3.07. The number of carbonyl (C=O) groups is 1. The number of nitrogens with zero attached hydrogens (tertiary/aromatic N) is 3. The van der Waals surface area contributed by atoms with E-state index in [1.165, 1.54) is 0 Å². The van der Waals surface area contributed by atoms with E-state index in [1.807, 2.05) is 42.5 Å². The van der Waals surface area contributed by atoms with E-state index in [1.54, 1.807) is 12.3 Å². The Labute approximate surface area is 175 Å². The number of hydrogen-bond donors (Lipinski definition) is 2. The topological polar surface area (TPSA) is 93.4 Å². The molecule has 1 atom stereocenters. The number of anilines is 2. The molecule has 2 aromatic carbocycles. The number of ether oxygens (including phenoxy) is 1. The number of carbonyl (C=O) groups excluding carboxylic acids is 1. The third kappa shape index (κ3) is 5.00. The van der Waals surface area contributed by atoms with Crippen molar-refractivity contribution in [2.45, 2.75) is 12.5 Å². The second kappa shape index (κ2) is 9.47. The molecule has 1 fully saturated rings. The van der Waals surface area contributed by atoms with Crippen LogP contribution in [0.1, 0.15) is 5.56 Å². The smallest absolute Gasteiger partial charge is 0.242 e. The predicted molar refractivity (Wildman–Crippen MR) is 117 cm³/mol. The van der Waals surface area contributed by atoms with Crippen molar-refractivity contribution in [3.63, 3.8) is 0 Å². The number of nitrogen functional groups attached to an aromatic ring is 1. The molecule has 0 radical (unpaired) electrons. The summed E-state index contributed by atoms with van der Waals surface area (Å²) in [7, 11) is 0. The number of morpholine rings is 1. The van der Waals surface area contributed by atoms with Gasteiger partial charge in [-0.25, -0.2) is 9.97 Å². The first kappa shape index (κ1) is 20.0. The lowest BCUT2D eigenvalue weighted by Crippen LogP contribution is -2.50. The second-order valence-corrected chi connectivity index (χ2v) is 7.22. The van der Waals surface area contributed by atoms with Crippen molar-refractivity contribution in [3.05, 3.63) is 72.4 Å². The van der Waals surface area contributed by atoms with Gasteiger partial charge in [-0.3, -0.25) is 9.69 Å². The van der Waals surface area contributed by atoms with Gasteiger partial charge in [0.05, 0.1) is 24.9 Å². The highest BCUT2D eigenvalue weighted by Gasteiger charge is 2.27. The average Bonchev–Trinajstić information content (AvgIpc) is 2.79. The van der Waals surface area contributed by atoms with Crippen molar-refractivity contribution in [2.75, 3.05) is 37.4 Å². The van der Waals surface area contributed by atoms with Crippen molar-refractivity contribution in [1.29, 1.82) is 0 Å². The van der Waals surface area contributed by atoms with Gasteiger partial charge in [0.1, 0.15) is 0 Å².